The van der Waals surface area contributed by atoms with E-state index in [2.05, 4.69) is 46.8 Å². The largest absolute Gasteiger partial charge is 0.337 e. The van der Waals surface area contributed by atoms with Crippen LogP contribution < -0.4 is 0 Å². The van der Waals surface area contributed by atoms with Crippen molar-refractivity contribution >= 4 is 11.8 Å². The third kappa shape index (κ3) is 5.21. The van der Waals surface area contributed by atoms with Gasteiger partial charge in [0.1, 0.15) is 5.82 Å². The van der Waals surface area contributed by atoms with Gasteiger partial charge in [-0.05, 0) is 42.5 Å². The zero-order valence-corrected chi connectivity index (χ0v) is 15.9. The lowest BCUT2D eigenvalue weighted by atomic mass is 10.1. The van der Waals surface area contributed by atoms with Crippen LogP contribution in [0.2, 0.25) is 0 Å². The van der Waals surface area contributed by atoms with E-state index in [-0.39, 0.29) is 5.82 Å². The molecule has 2 nitrogen and oxygen atoms in total. The second kappa shape index (κ2) is 9.58. The minimum atomic E-state index is -0.175. The average Bonchev–Trinajstić information content (AvgIpc) is 3.19. The molecule has 0 aliphatic rings. The predicted octanol–water partition coefficient (Wildman–Crippen LogP) is 6.43. The molecule has 0 N–H and O–H groups in total. The van der Waals surface area contributed by atoms with E-state index in [4.69, 9.17) is 0 Å². The molecule has 2 atom stereocenters. The van der Waals surface area contributed by atoms with Gasteiger partial charge in [-0.1, -0.05) is 49.4 Å². The van der Waals surface area contributed by atoms with Crippen LogP contribution in [0.25, 0.3) is 0 Å². The minimum absolute atomic E-state index is 0.175. The molecule has 0 aliphatic heterocycles. The summed E-state index contributed by atoms with van der Waals surface area (Å²) in [6, 6.07) is 17.7. The second-order valence-electron chi connectivity index (χ2n) is 6.43. The van der Waals surface area contributed by atoms with Gasteiger partial charge in [0.25, 0.3) is 0 Å². The van der Waals surface area contributed by atoms with Crippen molar-refractivity contribution in [2.75, 3.05) is 0 Å². The number of hydrogen-bond acceptors (Lipinski definition) is 2. The van der Waals surface area contributed by atoms with Gasteiger partial charge in [-0.3, -0.25) is 0 Å². The zero-order chi connectivity index (χ0) is 18.2. The van der Waals surface area contributed by atoms with E-state index in [9.17, 15) is 4.39 Å². The lowest BCUT2D eigenvalue weighted by molar-refractivity contribution is 0.600. The summed E-state index contributed by atoms with van der Waals surface area (Å²) in [5, 5.41) is 0.795. The summed E-state index contributed by atoms with van der Waals surface area (Å²) >= 11 is 1.99. The van der Waals surface area contributed by atoms with Crippen LogP contribution in [0.15, 0.2) is 73.3 Å². The van der Waals surface area contributed by atoms with Crippen LogP contribution in [-0.2, 0) is 6.54 Å². The Balaban J connectivity index is 1.71. The molecule has 2 unspecified atom stereocenters. The van der Waals surface area contributed by atoms with Gasteiger partial charge in [0.15, 0.2) is 0 Å². The Hall–Kier alpha value is -2.07. The number of aryl methyl sites for hydroxylation is 1. The SMILES string of the molecule is CCC(SC(CCCn1ccnc1)c1ccc(F)cc1)c1ccccc1. The molecule has 2 aromatic carbocycles. The van der Waals surface area contributed by atoms with E-state index in [1.807, 2.05) is 42.6 Å². The van der Waals surface area contributed by atoms with Crippen molar-refractivity contribution in [3.8, 4) is 0 Å². The molecule has 0 saturated heterocycles. The van der Waals surface area contributed by atoms with Crippen molar-refractivity contribution in [3.63, 3.8) is 0 Å². The second-order valence-corrected chi connectivity index (χ2v) is 7.84. The van der Waals surface area contributed by atoms with Gasteiger partial charge in [0.05, 0.1) is 6.33 Å². The van der Waals surface area contributed by atoms with Gasteiger partial charge >= 0.3 is 0 Å². The molecule has 0 saturated carbocycles. The van der Waals surface area contributed by atoms with E-state index < -0.39 is 0 Å². The van der Waals surface area contributed by atoms with E-state index >= 15 is 0 Å². The minimum Gasteiger partial charge on any atom is -0.337 e. The highest BCUT2D eigenvalue weighted by Crippen LogP contribution is 2.44. The maximum atomic E-state index is 13.4. The Morgan fingerprint density at radius 1 is 1.00 bits per heavy atom. The topological polar surface area (TPSA) is 17.8 Å². The fourth-order valence-electron chi connectivity index (χ4n) is 3.15. The summed E-state index contributed by atoms with van der Waals surface area (Å²) in [6.07, 6.45) is 8.87. The zero-order valence-electron chi connectivity index (χ0n) is 15.1. The molecule has 0 fully saturated rings. The molecule has 1 aromatic heterocycles. The van der Waals surface area contributed by atoms with Crippen LogP contribution in [0.4, 0.5) is 4.39 Å². The van der Waals surface area contributed by atoms with Crippen molar-refractivity contribution in [2.45, 2.75) is 43.2 Å². The number of aromatic nitrogens is 2. The first-order valence-corrected chi connectivity index (χ1v) is 10.1. The molecule has 0 radical (unpaired) electrons. The Bertz CT molecular complexity index is 757. The molecule has 3 rings (SSSR count). The number of halogens is 1. The number of imidazole rings is 1. The molecule has 0 bridgehead atoms. The van der Waals surface area contributed by atoms with Crippen LogP contribution in [0, 0.1) is 5.82 Å². The summed E-state index contributed by atoms with van der Waals surface area (Å²) in [6.45, 7) is 3.19. The summed E-state index contributed by atoms with van der Waals surface area (Å²) in [5.74, 6) is -0.175. The Kier molecular flexibility index (Phi) is 6.89. The number of thioether (sulfide) groups is 1. The monoisotopic (exact) mass is 368 g/mol. The summed E-state index contributed by atoms with van der Waals surface area (Å²) < 4.78 is 15.5. The fourth-order valence-corrected chi connectivity index (χ4v) is 4.67. The highest BCUT2D eigenvalue weighted by molar-refractivity contribution is 7.99. The summed E-state index contributed by atoms with van der Waals surface area (Å²) in [5.41, 5.74) is 2.57. The molecule has 0 amide bonds. The van der Waals surface area contributed by atoms with E-state index in [0.29, 0.717) is 10.5 Å². The van der Waals surface area contributed by atoms with E-state index in [0.717, 1.165) is 25.8 Å². The molecule has 4 heteroatoms. The van der Waals surface area contributed by atoms with Gasteiger partial charge in [-0.15, -0.1) is 11.8 Å². The first-order valence-electron chi connectivity index (χ1n) is 9.18. The first-order chi connectivity index (χ1) is 12.8. The molecule has 26 heavy (non-hydrogen) atoms. The quantitative estimate of drug-likeness (QED) is 0.433. The van der Waals surface area contributed by atoms with Gasteiger partial charge in [-0.25, -0.2) is 9.37 Å². The van der Waals surface area contributed by atoms with Gasteiger partial charge in [0.2, 0.25) is 0 Å². The van der Waals surface area contributed by atoms with Gasteiger partial charge < -0.3 is 4.57 Å². The van der Waals surface area contributed by atoms with Crippen LogP contribution in [-0.4, -0.2) is 9.55 Å². The van der Waals surface area contributed by atoms with Crippen LogP contribution in [0.3, 0.4) is 0 Å². The standard InChI is InChI=1S/C22H25FN2S/c1-2-21(18-7-4-3-5-8-18)26-22(19-10-12-20(23)13-11-19)9-6-15-25-16-14-24-17-25/h3-5,7-8,10-14,16-17,21-22H,2,6,9,15H2,1H3. The smallest absolute Gasteiger partial charge is 0.123 e. The third-order valence-electron chi connectivity index (χ3n) is 4.55. The number of nitrogens with zero attached hydrogens (tertiary/aromatic N) is 2. The molecular weight excluding hydrogens is 343 g/mol. The molecule has 1 heterocycles. The maximum absolute atomic E-state index is 13.4. The van der Waals surface area contributed by atoms with E-state index in [1.54, 1.807) is 12.1 Å². The Morgan fingerprint density at radius 3 is 2.38 bits per heavy atom. The van der Waals surface area contributed by atoms with Crippen molar-refractivity contribution < 1.29 is 4.39 Å². The Labute approximate surface area is 159 Å². The normalized spacial score (nSPS) is 13.5. The third-order valence-corrected chi connectivity index (χ3v) is 6.32. The average molecular weight is 369 g/mol. The van der Waals surface area contributed by atoms with Crippen molar-refractivity contribution in [2.24, 2.45) is 0 Å². The van der Waals surface area contributed by atoms with Crippen molar-refractivity contribution in [3.05, 3.63) is 90.3 Å². The lowest BCUT2D eigenvalue weighted by Gasteiger charge is -2.23. The maximum Gasteiger partial charge on any atom is 0.123 e. The fraction of sp³-hybridized carbons (Fsp3) is 0.318. The molecule has 3 aromatic rings. The van der Waals surface area contributed by atoms with Crippen LogP contribution in [0.5, 0.6) is 0 Å². The van der Waals surface area contributed by atoms with E-state index in [1.165, 1.54) is 11.1 Å². The van der Waals surface area contributed by atoms with Crippen LogP contribution >= 0.6 is 11.8 Å². The van der Waals surface area contributed by atoms with Crippen molar-refractivity contribution in [1.82, 2.24) is 9.55 Å². The number of hydrogen-bond donors (Lipinski definition) is 0. The van der Waals surface area contributed by atoms with Crippen molar-refractivity contribution in [1.29, 1.82) is 0 Å². The van der Waals surface area contributed by atoms with Gasteiger partial charge in [-0.2, -0.15) is 0 Å². The highest BCUT2D eigenvalue weighted by atomic mass is 32.2. The van der Waals surface area contributed by atoms with Crippen LogP contribution in [0.1, 0.15) is 47.8 Å². The summed E-state index contributed by atoms with van der Waals surface area (Å²) in [4.78, 5) is 4.11. The molecular formula is C22H25FN2S. The van der Waals surface area contributed by atoms with Gasteiger partial charge in [0, 0.05) is 29.4 Å². The molecule has 0 aliphatic carbocycles. The lowest BCUT2D eigenvalue weighted by Crippen LogP contribution is -2.03. The summed E-state index contributed by atoms with van der Waals surface area (Å²) in [7, 11) is 0. The predicted molar refractivity (Wildman–Crippen MR) is 108 cm³/mol. The number of rotatable bonds is 9. The first kappa shape index (κ1) is 18.7. The molecule has 0 spiro atoms. The number of benzene rings is 2. The highest BCUT2D eigenvalue weighted by Gasteiger charge is 2.19. The Morgan fingerprint density at radius 2 is 1.73 bits per heavy atom. The molecule has 136 valence electrons.